The summed E-state index contributed by atoms with van der Waals surface area (Å²) in [4.78, 5) is 33.5. The Morgan fingerprint density at radius 3 is 2.43 bits per heavy atom. The van der Waals surface area contributed by atoms with Crippen LogP contribution >= 0.6 is 0 Å². The molecule has 1 rings (SSSR count). The van der Waals surface area contributed by atoms with E-state index >= 15 is 0 Å². The normalized spacial score (nSPS) is 13.4. The van der Waals surface area contributed by atoms with Crippen molar-refractivity contribution in [3.63, 3.8) is 0 Å². The van der Waals surface area contributed by atoms with Gasteiger partial charge in [-0.25, -0.2) is 4.79 Å². The van der Waals surface area contributed by atoms with Gasteiger partial charge in [-0.15, -0.1) is 0 Å². The number of aliphatic hydroxyl groups is 1. The van der Waals surface area contributed by atoms with Crippen LogP contribution in [0.4, 0.5) is 5.69 Å². The summed E-state index contributed by atoms with van der Waals surface area (Å²) in [6.45, 7) is 3.64. The van der Waals surface area contributed by atoms with E-state index in [0.29, 0.717) is 0 Å². The largest absolute Gasteiger partial charge is 0.480 e. The lowest BCUT2D eigenvalue weighted by Crippen LogP contribution is -2.47. The highest BCUT2D eigenvalue weighted by molar-refractivity contribution is 5.86. The Morgan fingerprint density at radius 2 is 1.91 bits per heavy atom. The van der Waals surface area contributed by atoms with E-state index in [2.05, 4.69) is 5.32 Å². The van der Waals surface area contributed by atoms with Gasteiger partial charge in [-0.3, -0.25) is 14.9 Å². The molecule has 2 atom stereocenters. The quantitative estimate of drug-likeness (QED) is 0.485. The summed E-state index contributed by atoms with van der Waals surface area (Å²) >= 11 is 0. The van der Waals surface area contributed by atoms with Crippen molar-refractivity contribution >= 4 is 17.6 Å². The van der Waals surface area contributed by atoms with Gasteiger partial charge in [0.05, 0.1) is 4.92 Å². The number of benzene rings is 1. The molecule has 1 amide bonds. The number of carbonyl (C=O) groups excluding carboxylic acids is 1. The smallest absolute Gasteiger partial charge is 0.326 e. The van der Waals surface area contributed by atoms with Crippen molar-refractivity contribution < 1.29 is 24.7 Å². The third-order valence-corrected chi connectivity index (χ3v) is 3.22. The number of rotatable bonds is 8. The number of hydrogen-bond donors (Lipinski definition) is 3. The number of carboxylic acid groups (broad SMARTS) is 1. The van der Waals surface area contributed by atoms with E-state index in [1.165, 1.54) is 18.2 Å². The van der Waals surface area contributed by atoms with Gasteiger partial charge in [0, 0.05) is 18.1 Å². The maximum Gasteiger partial charge on any atom is 0.326 e. The lowest BCUT2D eigenvalue weighted by atomic mass is 10.0. The van der Waals surface area contributed by atoms with Gasteiger partial charge in [0.15, 0.2) is 0 Å². The zero-order valence-corrected chi connectivity index (χ0v) is 12.9. The van der Waals surface area contributed by atoms with Gasteiger partial charge in [-0.1, -0.05) is 32.0 Å². The zero-order valence-electron chi connectivity index (χ0n) is 12.9. The molecule has 0 fully saturated rings. The van der Waals surface area contributed by atoms with E-state index in [0.717, 1.165) is 0 Å². The standard InChI is InChI=1S/C15H20N2O6/c1-9(2)7-13(18)14(19)16-11(15(20)21)8-10-5-3-4-6-12(10)17(22)23/h3-6,9,11,13,18H,7-8H2,1-2H3,(H,16,19)(H,20,21)/t11-,13+/m1/s1. The number of carbonyl (C=O) groups is 2. The number of para-hydroxylation sites is 1. The van der Waals surface area contributed by atoms with E-state index in [4.69, 9.17) is 0 Å². The molecule has 8 nitrogen and oxygen atoms in total. The summed E-state index contributed by atoms with van der Waals surface area (Å²) in [7, 11) is 0. The Balaban J connectivity index is 2.87. The van der Waals surface area contributed by atoms with Crippen LogP contribution in [0.5, 0.6) is 0 Å². The van der Waals surface area contributed by atoms with Gasteiger partial charge in [-0.05, 0) is 12.3 Å². The fourth-order valence-electron chi connectivity index (χ4n) is 2.10. The van der Waals surface area contributed by atoms with Crippen molar-refractivity contribution in [3.8, 4) is 0 Å². The van der Waals surface area contributed by atoms with Gasteiger partial charge in [0.2, 0.25) is 5.91 Å². The molecule has 0 saturated carbocycles. The first-order chi connectivity index (χ1) is 10.7. The lowest BCUT2D eigenvalue weighted by Gasteiger charge is -2.18. The predicted octanol–water partition coefficient (Wildman–Crippen LogP) is 1.11. The minimum absolute atomic E-state index is 0.0641. The van der Waals surface area contributed by atoms with E-state index in [9.17, 15) is 29.9 Å². The second-order valence-corrected chi connectivity index (χ2v) is 5.63. The zero-order chi connectivity index (χ0) is 17.6. The van der Waals surface area contributed by atoms with Gasteiger partial charge in [-0.2, -0.15) is 0 Å². The molecule has 0 aliphatic heterocycles. The monoisotopic (exact) mass is 324 g/mol. The Hall–Kier alpha value is -2.48. The molecule has 23 heavy (non-hydrogen) atoms. The summed E-state index contributed by atoms with van der Waals surface area (Å²) in [6, 6.07) is 4.37. The number of carboxylic acids is 1. The Morgan fingerprint density at radius 1 is 1.30 bits per heavy atom. The summed E-state index contributed by atoms with van der Waals surface area (Å²) in [6.07, 6.45) is -1.36. The number of aliphatic carboxylic acids is 1. The topological polar surface area (TPSA) is 130 Å². The molecule has 3 N–H and O–H groups in total. The average Bonchev–Trinajstić information content (AvgIpc) is 2.45. The lowest BCUT2D eigenvalue weighted by molar-refractivity contribution is -0.385. The Labute approximate surface area is 133 Å². The van der Waals surface area contributed by atoms with Crippen LogP contribution in [0, 0.1) is 16.0 Å². The summed E-state index contributed by atoms with van der Waals surface area (Å²) < 4.78 is 0. The summed E-state index contributed by atoms with van der Waals surface area (Å²) in [5.41, 5.74) is -0.0146. The van der Waals surface area contributed by atoms with Gasteiger partial charge in [0.1, 0.15) is 12.1 Å². The van der Waals surface area contributed by atoms with Crippen LogP contribution in [0.2, 0.25) is 0 Å². The molecule has 126 valence electrons. The minimum Gasteiger partial charge on any atom is -0.480 e. The molecule has 0 heterocycles. The van der Waals surface area contributed by atoms with Crippen molar-refractivity contribution in [3.05, 3.63) is 39.9 Å². The molecule has 0 bridgehead atoms. The van der Waals surface area contributed by atoms with Crippen LogP contribution in [0.3, 0.4) is 0 Å². The summed E-state index contributed by atoms with van der Waals surface area (Å²) in [5.74, 6) is -2.06. The van der Waals surface area contributed by atoms with E-state index in [1.807, 2.05) is 13.8 Å². The van der Waals surface area contributed by atoms with Gasteiger partial charge in [0.25, 0.3) is 5.69 Å². The van der Waals surface area contributed by atoms with Crippen molar-refractivity contribution in [2.45, 2.75) is 38.8 Å². The van der Waals surface area contributed by atoms with Crippen LogP contribution in [0.15, 0.2) is 24.3 Å². The third kappa shape index (κ3) is 5.67. The molecule has 0 aliphatic carbocycles. The number of nitro groups is 1. The number of hydrogen-bond acceptors (Lipinski definition) is 5. The minimum atomic E-state index is -1.36. The molecule has 0 aliphatic rings. The van der Waals surface area contributed by atoms with E-state index in [1.54, 1.807) is 6.07 Å². The molecule has 8 heteroatoms. The van der Waals surface area contributed by atoms with E-state index < -0.39 is 28.9 Å². The second-order valence-electron chi connectivity index (χ2n) is 5.63. The number of aliphatic hydroxyl groups excluding tert-OH is 1. The molecule has 0 saturated heterocycles. The number of nitro benzene ring substituents is 1. The molecular formula is C15H20N2O6. The Bertz CT molecular complexity index is 587. The molecule has 1 aromatic carbocycles. The fraction of sp³-hybridized carbons (Fsp3) is 0.467. The molecular weight excluding hydrogens is 304 g/mol. The highest BCUT2D eigenvalue weighted by atomic mass is 16.6. The second kappa shape index (κ2) is 8.23. The number of amides is 1. The highest BCUT2D eigenvalue weighted by Gasteiger charge is 2.27. The maximum atomic E-state index is 11.8. The first-order valence-corrected chi connectivity index (χ1v) is 7.16. The van der Waals surface area contributed by atoms with Crippen LogP contribution in [0.1, 0.15) is 25.8 Å². The SMILES string of the molecule is CC(C)C[C@H](O)C(=O)N[C@H](Cc1ccccc1[N+](=O)[O-])C(=O)O. The van der Waals surface area contributed by atoms with Gasteiger partial charge >= 0.3 is 5.97 Å². The fourth-order valence-corrected chi connectivity index (χ4v) is 2.10. The molecule has 0 spiro atoms. The first-order valence-electron chi connectivity index (χ1n) is 7.16. The van der Waals surface area contributed by atoms with Crippen molar-refractivity contribution in [2.75, 3.05) is 0 Å². The first kappa shape index (κ1) is 18.6. The molecule has 0 unspecified atom stereocenters. The molecule has 0 aromatic heterocycles. The highest BCUT2D eigenvalue weighted by Crippen LogP contribution is 2.19. The van der Waals surface area contributed by atoms with Crippen LogP contribution in [-0.4, -0.2) is 39.2 Å². The molecule has 1 aromatic rings. The maximum absolute atomic E-state index is 11.8. The van der Waals surface area contributed by atoms with E-state index in [-0.39, 0.29) is 30.0 Å². The Kier molecular flexibility index (Phi) is 6.65. The van der Waals surface area contributed by atoms with Crippen LogP contribution < -0.4 is 5.32 Å². The predicted molar refractivity (Wildman–Crippen MR) is 81.8 cm³/mol. The van der Waals surface area contributed by atoms with Crippen molar-refractivity contribution in [1.29, 1.82) is 0 Å². The summed E-state index contributed by atoms with van der Waals surface area (Å²) in [5, 5.41) is 32.1. The van der Waals surface area contributed by atoms with Crippen LogP contribution in [-0.2, 0) is 16.0 Å². The third-order valence-electron chi connectivity index (χ3n) is 3.22. The van der Waals surface area contributed by atoms with Crippen LogP contribution in [0.25, 0.3) is 0 Å². The average molecular weight is 324 g/mol. The number of nitrogens with one attached hydrogen (secondary N) is 1. The van der Waals surface area contributed by atoms with Crippen molar-refractivity contribution in [2.24, 2.45) is 5.92 Å². The van der Waals surface area contributed by atoms with Gasteiger partial charge < -0.3 is 15.5 Å². The van der Waals surface area contributed by atoms with Crippen molar-refractivity contribution in [1.82, 2.24) is 5.32 Å². The molecule has 0 radical (unpaired) electrons. The number of nitrogens with zero attached hydrogens (tertiary/aromatic N) is 1.